The number of ether oxygens (including phenoxy) is 1. The number of amides is 1. The lowest BCUT2D eigenvalue weighted by Gasteiger charge is -2.23. The average molecular weight is 266 g/mol. The highest BCUT2D eigenvalue weighted by atomic mass is 16.5. The van der Waals surface area contributed by atoms with E-state index in [9.17, 15) is 4.79 Å². The summed E-state index contributed by atoms with van der Waals surface area (Å²) >= 11 is 0. The molecular formula is C13H22N4O2. The maximum atomic E-state index is 11.9. The molecule has 0 aliphatic carbocycles. The minimum atomic E-state index is 0.0883. The van der Waals surface area contributed by atoms with Gasteiger partial charge in [-0.15, -0.1) is 0 Å². The van der Waals surface area contributed by atoms with E-state index in [4.69, 9.17) is 4.74 Å². The van der Waals surface area contributed by atoms with Crippen LogP contribution in [0.5, 0.6) is 0 Å². The van der Waals surface area contributed by atoms with Crippen molar-refractivity contribution in [3.8, 4) is 0 Å². The Morgan fingerprint density at radius 1 is 1.53 bits per heavy atom. The highest BCUT2D eigenvalue weighted by Crippen LogP contribution is 2.08. The fourth-order valence-corrected chi connectivity index (χ4v) is 2.16. The van der Waals surface area contributed by atoms with E-state index in [1.165, 1.54) is 0 Å². The van der Waals surface area contributed by atoms with Gasteiger partial charge < -0.3 is 19.9 Å². The Bertz CT molecular complexity index is 374. The highest BCUT2D eigenvalue weighted by molar-refractivity contribution is 5.75. The Morgan fingerprint density at radius 2 is 2.32 bits per heavy atom. The van der Waals surface area contributed by atoms with Gasteiger partial charge in [0.05, 0.1) is 25.7 Å². The fraction of sp³-hybridized carbons (Fsp3) is 0.692. The summed E-state index contributed by atoms with van der Waals surface area (Å²) in [6.45, 7) is 3.04. The van der Waals surface area contributed by atoms with Crippen LogP contribution in [0.2, 0.25) is 0 Å². The van der Waals surface area contributed by atoms with Gasteiger partial charge in [0.2, 0.25) is 5.91 Å². The van der Waals surface area contributed by atoms with Gasteiger partial charge >= 0.3 is 0 Å². The number of H-pyrrole nitrogens is 1. The molecule has 2 heterocycles. The van der Waals surface area contributed by atoms with Crippen LogP contribution in [0.3, 0.4) is 0 Å². The molecule has 6 nitrogen and oxygen atoms in total. The molecule has 0 aromatic carbocycles. The maximum Gasteiger partial charge on any atom is 0.225 e. The Labute approximate surface area is 113 Å². The second-order valence-electron chi connectivity index (χ2n) is 4.86. The van der Waals surface area contributed by atoms with Crippen LogP contribution in [0, 0.1) is 0 Å². The molecule has 0 atom stereocenters. The van der Waals surface area contributed by atoms with Gasteiger partial charge in [-0.05, 0) is 25.9 Å². The molecule has 19 heavy (non-hydrogen) atoms. The SMILES string of the molecule is CN(Cc1ncc[nH]1)C(=O)CCOC1CCNCC1. The van der Waals surface area contributed by atoms with Gasteiger partial charge in [0, 0.05) is 19.4 Å². The Kier molecular flexibility index (Phi) is 5.35. The van der Waals surface area contributed by atoms with Gasteiger partial charge in [0.15, 0.2) is 0 Å². The monoisotopic (exact) mass is 266 g/mol. The molecular weight excluding hydrogens is 244 g/mol. The average Bonchev–Trinajstić information content (AvgIpc) is 2.92. The molecule has 1 aromatic rings. The van der Waals surface area contributed by atoms with Gasteiger partial charge in [-0.25, -0.2) is 4.98 Å². The summed E-state index contributed by atoms with van der Waals surface area (Å²) in [6.07, 6.45) is 6.26. The number of hydrogen-bond donors (Lipinski definition) is 2. The molecule has 1 aliphatic heterocycles. The molecule has 6 heteroatoms. The number of carbonyl (C=O) groups excluding carboxylic acids is 1. The van der Waals surface area contributed by atoms with E-state index in [-0.39, 0.29) is 5.91 Å². The quantitative estimate of drug-likeness (QED) is 0.788. The van der Waals surface area contributed by atoms with Crippen molar-refractivity contribution in [2.24, 2.45) is 0 Å². The zero-order valence-electron chi connectivity index (χ0n) is 11.4. The Balaban J connectivity index is 1.63. The van der Waals surface area contributed by atoms with E-state index >= 15 is 0 Å². The fourth-order valence-electron chi connectivity index (χ4n) is 2.16. The van der Waals surface area contributed by atoms with E-state index in [1.54, 1.807) is 24.3 Å². The van der Waals surface area contributed by atoms with Crippen LogP contribution < -0.4 is 5.32 Å². The third kappa shape index (κ3) is 4.65. The molecule has 106 valence electrons. The molecule has 2 rings (SSSR count). The molecule has 1 fully saturated rings. The van der Waals surface area contributed by atoms with E-state index in [0.29, 0.717) is 25.7 Å². The number of piperidine rings is 1. The van der Waals surface area contributed by atoms with Gasteiger partial charge in [-0.1, -0.05) is 0 Å². The van der Waals surface area contributed by atoms with Crippen LogP contribution in [0.4, 0.5) is 0 Å². The van der Waals surface area contributed by atoms with Crippen molar-refractivity contribution in [3.05, 3.63) is 18.2 Å². The predicted molar refractivity (Wildman–Crippen MR) is 71.5 cm³/mol. The summed E-state index contributed by atoms with van der Waals surface area (Å²) in [5.74, 6) is 0.889. The van der Waals surface area contributed by atoms with Gasteiger partial charge in [0.1, 0.15) is 5.82 Å². The van der Waals surface area contributed by atoms with Crippen molar-refractivity contribution < 1.29 is 9.53 Å². The smallest absolute Gasteiger partial charge is 0.225 e. The summed E-state index contributed by atoms with van der Waals surface area (Å²) in [6, 6.07) is 0. The predicted octanol–water partition coefficient (Wildman–Crippen LogP) is 0.527. The molecule has 0 saturated carbocycles. The lowest BCUT2D eigenvalue weighted by Crippen LogP contribution is -2.33. The number of hydrogen-bond acceptors (Lipinski definition) is 4. The minimum Gasteiger partial charge on any atom is -0.378 e. The van der Waals surface area contributed by atoms with Crippen LogP contribution in [0.25, 0.3) is 0 Å². The lowest BCUT2D eigenvalue weighted by molar-refractivity contribution is -0.132. The Morgan fingerprint density at radius 3 is 3.00 bits per heavy atom. The van der Waals surface area contributed by atoms with E-state index in [2.05, 4.69) is 15.3 Å². The Hall–Kier alpha value is -1.40. The molecule has 0 radical (unpaired) electrons. The first-order valence-corrected chi connectivity index (χ1v) is 6.80. The first-order valence-electron chi connectivity index (χ1n) is 6.80. The minimum absolute atomic E-state index is 0.0883. The zero-order chi connectivity index (χ0) is 13.5. The number of imidazole rings is 1. The number of nitrogens with one attached hydrogen (secondary N) is 2. The normalized spacial score (nSPS) is 16.5. The van der Waals surface area contributed by atoms with Crippen molar-refractivity contribution in [1.82, 2.24) is 20.2 Å². The molecule has 1 amide bonds. The van der Waals surface area contributed by atoms with Gasteiger partial charge in [-0.3, -0.25) is 4.79 Å². The van der Waals surface area contributed by atoms with Crippen molar-refractivity contribution in [1.29, 1.82) is 0 Å². The van der Waals surface area contributed by atoms with Crippen molar-refractivity contribution in [2.75, 3.05) is 26.7 Å². The number of carbonyl (C=O) groups is 1. The summed E-state index contributed by atoms with van der Waals surface area (Å²) in [4.78, 5) is 20.7. The molecule has 0 bridgehead atoms. The number of aromatic amines is 1. The molecule has 2 N–H and O–H groups in total. The second kappa shape index (κ2) is 7.25. The second-order valence-corrected chi connectivity index (χ2v) is 4.86. The zero-order valence-corrected chi connectivity index (χ0v) is 11.4. The summed E-state index contributed by atoms with van der Waals surface area (Å²) in [5, 5.41) is 3.29. The van der Waals surface area contributed by atoms with E-state index < -0.39 is 0 Å². The number of aromatic nitrogens is 2. The van der Waals surface area contributed by atoms with Gasteiger partial charge in [-0.2, -0.15) is 0 Å². The van der Waals surface area contributed by atoms with Crippen LogP contribution >= 0.6 is 0 Å². The summed E-state index contributed by atoms with van der Waals surface area (Å²) in [5.41, 5.74) is 0. The van der Waals surface area contributed by atoms with Crippen LogP contribution in [-0.4, -0.2) is 53.6 Å². The number of rotatable bonds is 6. The first-order chi connectivity index (χ1) is 9.25. The number of nitrogens with zero attached hydrogens (tertiary/aromatic N) is 2. The van der Waals surface area contributed by atoms with E-state index in [1.807, 2.05) is 0 Å². The standard InChI is InChI=1S/C13H22N4O2/c1-17(10-12-15-7-8-16-12)13(18)4-9-19-11-2-5-14-6-3-11/h7-8,11,14H,2-6,9-10H2,1H3,(H,15,16). The van der Waals surface area contributed by atoms with Crippen molar-refractivity contribution in [2.45, 2.75) is 31.9 Å². The topological polar surface area (TPSA) is 70.2 Å². The molecule has 0 unspecified atom stereocenters. The molecule has 1 saturated heterocycles. The van der Waals surface area contributed by atoms with Crippen molar-refractivity contribution in [3.63, 3.8) is 0 Å². The molecule has 1 aromatic heterocycles. The van der Waals surface area contributed by atoms with Crippen LogP contribution in [-0.2, 0) is 16.1 Å². The molecule has 1 aliphatic rings. The highest BCUT2D eigenvalue weighted by Gasteiger charge is 2.15. The molecule has 0 spiro atoms. The van der Waals surface area contributed by atoms with E-state index in [0.717, 1.165) is 31.8 Å². The third-order valence-electron chi connectivity index (χ3n) is 3.32. The maximum absolute atomic E-state index is 11.9. The third-order valence-corrected chi connectivity index (χ3v) is 3.32. The summed E-state index contributed by atoms with van der Waals surface area (Å²) < 4.78 is 5.73. The van der Waals surface area contributed by atoms with Gasteiger partial charge in [0.25, 0.3) is 0 Å². The summed E-state index contributed by atoms with van der Waals surface area (Å²) in [7, 11) is 1.79. The first kappa shape index (κ1) is 14.0. The lowest BCUT2D eigenvalue weighted by atomic mass is 10.1. The van der Waals surface area contributed by atoms with Crippen LogP contribution in [0.1, 0.15) is 25.1 Å². The van der Waals surface area contributed by atoms with Crippen LogP contribution in [0.15, 0.2) is 12.4 Å². The largest absolute Gasteiger partial charge is 0.378 e. The van der Waals surface area contributed by atoms with Crippen molar-refractivity contribution >= 4 is 5.91 Å².